The van der Waals surface area contributed by atoms with Crippen molar-refractivity contribution in [3.8, 4) is 6.07 Å². The Morgan fingerprint density at radius 1 is 1.38 bits per heavy atom. The number of hydrogen-bond acceptors (Lipinski definition) is 5. The van der Waals surface area contributed by atoms with Crippen molar-refractivity contribution in [3.63, 3.8) is 0 Å². The minimum Gasteiger partial charge on any atom is -0.339 e. The first-order chi connectivity index (χ1) is 11.2. The number of rotatable bonds is 3. The van der Waals surface area contributed by atoms with Crippen LogP contribution in [0.25, 0.3) is 0 Å². The van der Waals surface area contributed by atoms with Gasteiger partial charge in [-0.2, -0.15) is 18.4 Å². The summed E-state index contributed by atoms with van der Waals surface area (Å²) < 4.78 is 39.2. The third-order valence-corrected chi connectivity index (χ3v) is 4.68. The molecule has 0 spiro atoms. The summed E-state index contributed by atoms with van der Waals surface area (Å²) in [5.74, 6) is -0.194. The first kappa shape index (κ1) is 18.5. The van der Waals surface area contributed by atoms with Gasteiger partial charge in [-0.05, 0) is 20.0 Å². The van der Waals surface area contributed by atoms with Gasteiger partial charge in [-0.3, -0.25) is 4.79 Å². The molecule has 0 saturated carbocycles. The molecule has 0 atom stereocenters. The van der Waals surface area contributed by atoms with Crippen molar-refractivity contribution in [2.75, 3.05) is 39.0 Å². The summed E-state index contributed by atoms with van der Waals surface area (Å²) in [6.45, 7) is 4.15. The van der Waals surface area contributed by atoms with Crippen LogP contribution < -0.4 is 0 Å². The molecule has 24 heavy (non-hydrogen) atoms. The number of amides is 1. The van der Waals surface area contributed by atoms with Gasteiger partial charge in [-0.25, -0.2) is 4.98 Å². The smallest absolute Gasteiger partial charge is 0.339 e. The van der Waals surface area contributed by atoms with Gasteiger partial charge in [0.2, 0.25) is 5.91 Å². The van der Waals surface area contributed by atoms with Gasteiger partial charge in [0.1, 0.15) is 11.1 Å². The quantitative estimate of drug-likeness (QED) is 0.775. The third kappa shape index (κ3) is 4.39. The Kier molecular flexibility index (Phi) is 5.72. The minimum atomic E-state index is -4.63. The minimum absolute atomic E-state index is 0.0356. The number of carbonyl (C=O) groups is 1. The zero-order valence-corrected chi connectivity index (χ0v) is 14.2. The number of carbonyl (C=O) groups excluding carboxylic acids is 1. The van der Waals surface area contributed by atoms with Crippen LogP contribution in [0.2, 0.25) is 0 Å². The molecule has 0 aliphatic carbocycles. The Bertz CT molecular complexity index is 664. The van der Waals surface area contributed by atoms with Gasteiger partial charge in [0.05, 0.1) is 16.9 Å². The van der Waals surface area contributed by atoms with E-state index in [0.717, 1.165) is 30.9 Å². The molecule has 0 unspecified atom stereocenters. The normalized spacial score (nSPS) is 16.1. The number of nitriles is 1. The molecule has 1 aliphatic rings. The summed E-state index contributed by atoms with van der Waals surface area (Å²) in [5, 5.41) is 9.04. The van der Waals surface area contributed by atoms with Crippen LogP contribution in [-0.4, -0.2) is 59.7 Å². The molecule has 1 saturated heterocycles. The zero-order valence-electron chi connectivity index (χ0n) is 13.4. The van der Waals surface area contributed by atoms with Crippen molar-refractivity contribution in [2.24, 2.45) is 0 Å². The number of piperazine rings is 1. The number of likely N-dealkylation sites (N-methyl/N-ethyl adjacent to an activating group) is 1. The maximum Gasteiger partial charge on any atom is 0.417 e. The maximum absolute atomic E-state index is 13.1. The van der Waals surface area contributed by atoms with E-state index in [1.807, 2.05) is 7.05 Å². The summed E-state index contributed by atoms with van der Waals surface area (Å²) in [7, 11) is 1.96. The molecule has 1 aliphatic heterocycles. The lowest BCUT2D eigenvalue weighted by atomic mass is 10.1. The van der Waals surface area contributed by atoms with Gasteiger partial charge >= 0.3 is 6.18 Å². The number of hydrogen-bond donors (Lipinski definition) is 0. The molecule has 130 valence electrons. The molecule has 1 aromatic heterocycles. The van der Waals surface area contributed by atoms with E-state index in [2.05, 4.69) is 9.88 Å². The molecule has 1 amide bonds. The molecule has 2 heterocycles. The maximum atomic E-state index is 13.1. The lowest BCUT2D eigenvalue weighted by Crippen LogP contribution is -2.47. The fourth-order valence-corrected chi connectivity index (χ4v) is 3.31. The van der Waals surface area contributed by atoms with Crippen LogP contribution in [0.15, 0.2) is 11.1 Å². The molecular weight excluding hydrogens is 341 g/mol. The number of aryl methyl sites for hydroxylation is 1. The lowest BCUT2D eigenvalue weighted by Gasteiger charge is -2.32. The van der Waals surface area contributed by atoms with Crippen LogP contribution in [0, 0.1) is 18.3 Å². The van der Waals surface area contributed by atoms with Gasteiger partial charge in [-0.1, -0.05) is 11.8 Å². The number of aromatic nitrogens is 1. The van der Waals surface area contributed by atoms with Crippen LogP contribution in [0.4, 0.5) is 13.2 Å². The Morgan fingerprint density at radius 3 is 2.54 bits per heavy atom. The monoisotopic (exact) mass is 358 g/mol. The van der Waals surface area contributed by atoms with Gasteiger partial charge in [0, 0.05) is 31.9 Å². The van der Waals surface area contributed by atoms with Gasteiger partial charge in [-0.15, -0.1) is 0 Å². The Hall–Kier alpha value is -1.79. The number of alkyl halides is 3. The summed E-state index contributed by atoms with van der Waals surface area (Å²) in [6, 6.07) is 2.42. The predicted octanol–water partition coefficient (Wildman–Crippen LogP) is 2.15. The molecule has 5 nitrogen and oxygen atoms in total. The van der Waals surface area contributed by atoms with E-state index in [1.165, 1.54) is 6.92 Å². The molecule has 0 N–H and O–H groups in total. The average molecular weight is 358 g/mol. The first-order valence-electron chi connectivity index (χ1n) is 7.30. The molecule has 0 radical (unpaired) electrons. The van der Waals surface area contributed by atoms with Crippen molar-refractivity contribution in [3.05, 3.63) is 22.9 Å². The van der Waals surface area contributed by atoms with E-state index in [0.29, 0.717) is 13.1 Å². The average Bonchev–Trinajstić information content (AvgIpc) is 2.51. The van der Waals surface area contributed by atoms with E-state index in [-0.39, 0.29) is 22.4 Å². The second-order valence-electron chi connectivity index (χ2n) is 5.57. The summed E-state index contributed by atoms with van der Waals surface area (Å²) in [4.78, 5) is 20.0. The summed E-state index contributed by atoms with van der Waals surface area (Å²) >= 11 is 0.880. The van der Waals surface area contributed by atoms with Gasteiger partial charge in [0.15, 0.2) is 0 Å². The van der Waals surface area contributed by atoms with Crippen molar-refractivity contribution >= 4 is 17.7 Å². The molecule has 1 fully saturated rings. The summed E-state index contributed by atoms with van der Waals surface area (Å²) in [5.41, 5.74) is -1.37. The predicted molar refractivity (Wildman–Crippen MR) is 83.5 cm³/mol. The highest BCUT2D eigenvalue weighted by molar-refractivity contribution is 8.00. The number of halogens is 3. The van der Waals surface area contributed by atoms with Crippen LogP contribution in [0.3, 0.4) is 0 Å². The van der Waals surface area contributed by atoms with E-state index >= 15 is 0 Å². The number of thioether (sulfide) groups is 1. The molecule has 0 bridgehead atoms. The number of nitrogens with zero attached hydrogens (tertiary/aromatic N) is 4. The molecule has 9 heteroatoms. The topological polar surface area (TPSA) is 60.2 Å². The van der Waals surface area contributed by atoms with E-state index in [9.17, 15) is 18.0 Å². The lowest BCUT2D eigenvalue weighted by molar-refractivity contribution is -0.138. The second kappa shape index (κ2) is 7.40. The third-order valence-electron chi connectivity index (χ3n) is 3.72. The first-order valence-corrected chi connectivity index (χ1v) is 8.29. The largest absolute Gasteiger partial charge is 0.417 e. The molecular formula is C15H17F3N4OS. The standard InChI is InChI=1S/C15H17F3N4OS/c1-10-7-12(15(16,17)18)11(8-19)14(20-10)24-9-13(23)22-5-3-21(2)4-6-22/h7H,3-6,9H2,1-2H3. The Balaban J connectivity index is 2.14. The van der Waals surface area contributed by atoms with Crippen LogP contribution >= 0.6 is 11.8 Å². The van der Waals surface area contributed by atoms with E-state index in [1.54, 1.807) is 11.0 Å². The fourth-order valence-electron chi connectivity index (χ4n) is 2.36. The highest BCUT2D eigenvalue weighted by atomic mass is 32.2. The van der Waals surface area contributed by atoms with Gasteiger partial charge < -0.3 is 9.80 Å². The Labute approximate surface area is 142 Å². The SMILES string of the molecule is Cc1cc(C(F)(F)F)c(C#N)c(SCC(=O)N2CCN(C)CC2)n1. The van der Waals surface area contributed by atoms with Crippen LogP contribution in [0.1, 0.15) is 16.8 Å². The van der Waals surface area contributed by atoms with Crippen molar-refractivity contribution in [1.82, 2.24) is 14.8 Å². The van der Waals surface area contributed by atoms with Gasteiger partial charge in [0.25, 0.3) is 0 Å². The number of pyridine rings is 1. The highest BCUT2D eigenvalue weighted by Gasteiger charge is 2.35. The summed E-state index contributed by atoms with van der Waals surface area (Å²) in [6.07, 6.45) is -4.63. The van der Waals surface area contributed by atoms with Crippen molar-refractivity contribution in [2.45, 2.75) is 18.1 Å². The highest BCUT2D eigenvalue weighted by Crippen LogP contribution is 2.35. The zero-order chi connectivity index (χ0) is 17.9. The van der Waals surface area contributed by atoms with Crippen LogP contribution in [0.5, 0.6) is 0 Å². The van der Waals surface area contributed by atoms with E-state index < -0.39 is 17.3 Å². The molecule has 0 aromatic carbocycles. The van der Waals surface area contributed by atoms with Crippen molar-refractivity contribution < 1.29 is 18.0 Å². The second-order valence-corrected chi connectivity index (χ2v) is 6.54. The van der Waals surface area contributed by atoms with Crippen molar-refractivity contribution in [1.29, 1.82) is 5.26 Å². The van der Waals surface area contributed by atoms with Crippen LogP contribution in [-0.2, 0) is 11.0 Å². The molecule has 2 rings (SSSR count). The fraction of sp³-hybridized carbons (Fsp3) is 0.533. The van der Waals surface area contributed by atoms with E-state index in [4.69, 9.17) is 5.26 Å². The Morgan fingerprint density at radius 2 is 2.00 bits per heavy atom. The molecule has 1 aromatic rings.